The summed E-state index contributed by atoms with van der Waals surface area (Å²) in [5, 5.41) is 5.11. The lowest BCUT2D eigenvalue weighted by Crippen LogP contribution is -2.12. The van der Waals surface area contributed by atoms with E-state index in [1.807, 2.05) is 30.3 Å². The summed E-state index contributed by atoms with van der Waals surface area (Å²) in [6.45, 7) is 0.482. The zero-order valence-corrected chi connectivity index (χ0v) is 14.9. The molecule has 0 radical (unpaired) electrons. The van der Waals surface area contributed by atoms with E-state index in [9.17, 15) is 8.42 Å². The third-order valence-corrected chi connectivity index (χ3v) is 4.85. The molecule has 0 aliphatic carbocycles. The van der Waals surface area contributed by atoms with Gasteiger partial charge in [-0.15, -0.1) is 0 Å². The van der Waals surface area contributed by atoms with Crippen molar-refractivity contribution in [2.45, 2.75) is 11.3 Å². The molecule has 0 amide bonds. The molecule has 0 bridgehead atoms. The highest BCUT2D eigenvalue weighted by atomic mass is 79.9. The Bertz CT molecular complexity index is 710. The molecule has 0 heterocycles. The van der Waals surface area contributed by atoms with Gasteiger partial charge in [-0.3, -0.25) is 0 Å². The van der Waals surface area contributed by atoms with Crippen LogP contribution in [0.1, 0.15) is 5.56 Å². The second-order valence-corrected chi connectivity index (χ2v) is 7.62. The fourth-order valence-electron chi connectivity index (χ4n) is 1.75. The van der Waals surface area contributed by atoms with Crippen molar-refractivity contribution in [3.05, 3.63) is 57.0 Å². The smallest absolute Gasteiger partial charge is 0.238 e. The molecule has 112 valence electrons. The van der Waals surface area contributed by atoms with Crippen molar-refractivity contribution in [2.24, 2.45) is 5.14 Å². The van der Waals surface area contributed by atoms with Crippen LogP contribution in [-0.2, 0) is 16.4 Å². The number of halogens is 2. The van der Waals surface area contributed by atoms with Crippen LogP contribution in [0.15, 0.2) is 56.3 Å². The number of hydrogen-bond donors (Lipinski definition) is 1. The van der Waals surface area contributed by atoms with Gasteiger partial charge in [-0.05, 0) is 49.6 Å². The molecular formula is C14H13Br2NO3S. The van der Waals surface area contributed by atoms with Crippen LogP contribution >= 0.6 is 31.9 Å². The minimum Gasteiger partial charge on any atom is -0.491 e. The molecule has 0 fully saturated rings. The van der Waals surface area contributed by atoms with E-state index in [1.165, 1.54) is 17.7 Å². The third-order valence-electron chi connectivity index (χ3n) is 2.78. The Balaban J connectivity index is 2.11. The van der Waals surface area contributed by atoms with Gasteiger partial charge in [-0.1, -0.05) is 30.3 Å². The first-order valence-corrected chi connectivity index (χ1v) is 9.20. The molecule has 0 aromatic heterocycles. The summed E-state index contributed by atoms with van der Waals surface area (Å²) < 4.78 is 29.5. The number of ether oxygens (including phenoxy) is 1. The molecule has 0 unspecified atom stereocenters. The highest BCUT2D eigenvalue weighted by Crippen LogP contribution is 2.35. The average Bonchev–Trinajstić information content (AvgIpc) is 2.42. The predicted molar refractivity (Wildman–Crippen MR) is 88.9 cm³/mol. The molecule has 0 saturated carbocycles. The van der Waals surface area contributed by atoms with E-state index >= 15 is 0 Å². The van der Waals surface area contributed by atoms with Gasteiger partial charge < -0.3 is 4.74 Å². The Kier molecular flexibility index (Phi) is 5.43. The summed E-state index contributed by atoms with van der Waals surface area (Å²) in [5.41, 5.74) is 1.17. The molecule has 2 rings (SSSR count). The SMILES string of the molecule is NS(=O)(=O)c1cc(Br)c(OCCc2ccccc2)c(Br)c1. The Morgan fingerprint density at radius 3 is 2.14 bits per heavy atom. The van der Waals surface area contributed by atoms with Gasteiger partial charge in [0, 0.05) is 6.42 Å². The lowest BCUT2D eigenvalue weighted by atomic mass is 10.2. The Labute approximate surface area is 140 Å². The Morgan fingerprint density at radius 2 is 1.62 bits per heavy atom. The van der Waals surface area contributed by atoms with Crippen molar-refractivity contribution >= 4 is 41.9 Å². The quantitative estimate of drug-likeness (QED) is 0.782. The van der Waals surface area contributed by atoms with Crippen LogP contribution in [0.25, 0.3) is 0 Å². The standard InChI is InChI=1S/C14H13Br2NO3S/c15-12-8-11(21(17,18)19)9-13(16)14(12)20-7-6-10-4-2-1-3-5-10/h1-5,8-9H,6-7H2,(H2,17,18,19). The number of hydrogen-bond acceptors (Lipinski definition) is 3. The average molecular weight is 435 g/mol. The lowest BCUT2D eigenvalue weighted by molar-refractivity contribution is 0.317. The van der Waals surface area contributed by atoms with Crippen LogP contribution in [0.3, 0.4) is 0 Å². The second kappa shape index (κ2) is 6.91. The summed E-state index contributed by atoms with van der Waals surface area (Å²) >= 11 is 6.60. The Morgan fingerprint density at radius 1 is 1.05 bits per heavy atom. The maximum atomic E-state index is 11.3. The van der Waals surface area contributed by atoms with Gasteiger partial charge in [-0.25, -0.2) is 13.6 Å². The van der Waals surface area contributed by atoms with Gasteiger partial charge in [0.15, 0.2) is 0 Å². The molecule has 0 spiro atoms. The van der Waals surface area contributed by atoms with Crippen LogP contribution in [0.2, 0.25) is 0 Å². The van der Waals surface area contributed by atoms with Gasteiger partial charge in [0.05, 0.1) is 20.4 Å². The van der Waals surface area contributed by atoms with Crippen molar-refractivity contribution in [2.75, 3.05) is 6.61 Å². The van der Waals surface area contributed by atoms with Crippen molar-refractivity contribution in [1.82, 2.24) is 0 Å². The first-order chi connectivity index (χ1) is 9.88. The zero-order chi connectivity index (χ0) is 15.5. The minimum atomic E-state index is -3.74. The summed E-state index contributed by atoms with van der Waals surface area (Å²) in [7, 11) is -3.74. The van der Waals surface area contributed by atoms with Crippen LogP contribution in [0.4, 0.5) is 0 Å². The number of primary sulfonamides is 1. The summed E-state index contributed by atoms with van der Waals surface area (Å²) in [6.07, 6.45) is 0.761. The summed E-state index contributed by atoms with van der Waals surface area (Å²) in [5.74, 6) is 0.554. The van der Waals surface area contributed by atoms with E-state index in [1.54, 1.807) is 0 Å². The highest BCUT2D eigenvalue weighted by molar-refractivity contribution is 9.11. The molecule has 0 aliphatic heterocycles. The maximum Gasteiger partial charge on any atom is 0.238 e. The lowest BCUT2D eigenvalue weighted by Gasteiger charge is -2.11. The molecule has 0 saturated heterocycles. The molecule has 4 nitrogen and oxygen atoms in total. The molecular weight excluding hydrogens is 422 g/mol. The van der Waals surface area contributed by atoms with Crippen LogP contribution < -0.4 is 9.88 Å². The van der Waals surface area contributed by atoms with E-state index in [0.29, 0.717) is 21.3 Å². The Hall–Kier alpha value is -0.890. The van der Waals surface area contributed by atoms with Crippen molar-refractivity contribution in [3.63, 3.8) is 0 Å². The van der Waals surface area contributed by atoms with E-state index < -0.39 is 10.0 Å². The molecule has 21 heavy (non-hydrogen) atoms. The van der Waals surface area contributed by atoms with Gasteiger partial charge in [0.25, 0.3) is 0 Å². The van der Waals surface area contributed by atoms with Gasteiger partial charge in [-0.2, -0.15) is 0 Å². The minimum absolute atomic E-state index is 0.0247. The van der Waals surface area contributed by atoms with Crippen molar-refractivity contribution in [1.29, 1.82) is 0 Å². The summed E-state index contributed by atoms with van der Waals surface area (Å²) in [4.78, 5) is 0.0247. The van der Waals surface area contributed by atoms with Gasteiger partial charge in [0.2, 0.25) is 10.0 Å². The molecule has 0 aliphatic rings. The third kappa shape index (κ3) is 4.54. The monoisotopic (exact) mass is 433 g/mol. The molecule has 2 aromatic rings. The number of nitrogens with two attached hydrogens (primary N) is 1. The van der Waals surface area contributed by atoms with Gasteiger partial charge >= 0.3 is 0 Å². The second-order valence-electron chi connectivity index (χ2n) is 4.35. The van der Waals surface area contributed by atoms with E-state index in [2.05, 4.69) is 31.9 Å². The molecule has 7 heteroatoms. The van der Waals surface area contributed by atoms with E-state index in [4.69, 9.17) is 9.88 Å². The first-order valence-electron chi connectivity index (χ1n) is 6.06. The molecule has 2 aromatic carbocycles. The number of sulfonamides is 1. The van der Waals surface area contributed by atoms with E-state index in [-0.39, 0.29) is 4.90 Å². The van der Waals surface area contributed by atoms with Crippen molar-refractivity contribution in [3.8, 4) is 5.75 Å². The molecule has 2 N–H and O–H groups in total. The fraction of sp³-hybridized carbons (Fsp3) is 0.143. The maximum absolute atomic E-state index is 11.3. The van der Waals surface area contributed by atoms with Crippen molar-refractivity contribution < 1.29 is 13.2 Å². The zero-order valence-electron chi connectivity index (χ0n) is 10.9. The normalized spacial score (nSPS) is 11.4. The van der Waals surface area contributed by atoms with Gasteiger partial charge in [0.1, 0.15) is 5.75 Å². The fourth-order valence-corrected chi connectivity index (χ4v) is 4.04. The number of rotatable bonds is 5. The summed E-state index contributed by atoms with van der Waals surface area (Å²) in [6, 6.07) is 12.8. The predicted octanol–water partition coefficient (Wildman–Crippen LogP) is 3.48. The number of benzene rings is 2. The largest absolute Gasteiger partial charge is 0.491 e. The topological polar surface area (TPSA) is 69.4 Å². The van der Waals surface area contributed by atoms with Crippen LogP contribution in [-0.4, -0.2) is 15.0 Å². The first kappa shape index (κ1) is 16.5. The van der Waals surface area contributed by atoms with E-state index in [0.717, 1.165) is 6.42 Å². The van der Waals surface area contributed by atoms with Crippen LogP contribution in [0, 0.1) is 0 Å². The van der Waals surface area contributed by atoms with Crippen LogP contribution in [0.5, 0.6) is 5.75 Å². The molecule has 0 atom stereocenters. The highest BCUT2D eigenvalue weighted by Gasteiger charge is 2.15.